The Balaban J connectivity index is 1.49. The fraction of sp³-hybridized carbons (Fsp3) is 0.450. The van der Waals surface area contributed by atoms with Crippen LogP contribution in [0, 0.1) is 5.92 Å². The summed E-state index contributed by atoms with van der Waals surface area (Å²) in [6, 6.07) is 6.40. The summed E-state index contributed by atoms with van der Waals surface area (Å²) >= 11 is 1.60. The molecular formula is C20H23N5OS. The van der Waals surface area contributed by atoms with Crippen LogP contribution in [0.4, 0.5) is 0 Å². The fourth-order valence-corrected chi connectivity index (χ4v) is 5.09. The number of piperidine rings is 3. The molecule has 0 unspecified atom stereocenters. The van der Waals surface area contributed by atoms with E-state index in [0.29, 0.717) is 11.6 Å². The third-order valence-electron chi connectivity index (χ3n) is 5.92. The number of nitrogens with zero attached hydrogens (tertiary/aromatic N) is 4. The van der Waals surface area contributed by atoms with E-state index in [2.05, 4.69) is 39.4 Å². The Bertz CT molecular complexity index is 972. The Kier molecular flexibility index (Phi) is 4.21. The maximum Gasteiger partial charge on any atom is 0.272 e. The lowest BCUT2D eigenvalue weighted by atomic mass is 9.84. The summed E-state index contributed by atoms with van der Waals surface area (Å²) in [6.45, 7) is 6.09. The Hall–Kier alpha value is -2.25. The maximum atomic E-state index is 13.1. The van der Waals surface area contributed by atoms with Gasteiger partial charge in [0.15, 0.2) is 5.69 Å². The highest BCUT2D eigenvalue weighted by atomic mass is 32.1. The van der Waals surface area contributed by atoms with Crippen LogP contribution in [0.5, 0.6) is 0 Å². The molecule has 1 aromatic carbocycles. The van der Waals surface area contributed by atoms with Crippen LogP contribution in [0.25, 0.3) is 21.5 Å². The minimum absolute atomic E-state index is 0.0535. The maximum absolute atomic E-state index is 13.1. The summed E-state index contributed by atoms with van der Waals surface area (Å²) in [5, 5.41) is 11.7. The number of amides is 1. The highest BCUT2D eigenvalue weighted by Crippen LogP contribution is 2.30. The van der Waals surface area contributed by atoms with E-state index in [-0.39, 0.29) is 11.9 Å². The van der Waals surface area contributed by atoms with E-state index < -0.39 is 0 Å². The van der Waals surface area contributed by atoms with E-state index in [1.807, 2.05) is 16.1 Å². The quantitative estimate of drug-likeness (QED) is 0.755. The SMILES string of the molecule is CCn1nc(C(=O)N[C@@H]2CN3CCC2CC3)c2cc(-c3nccs3)ccc21. The van der Waals surface area contributed by atoms with Crippen molar-refractivity contribution < 1.29 is 4.79 Å². The predicted molar refractivity (Wildman–Crippen MR) is 107 cm³/mol. The zero-order valence-corrected chi connectivity index (χ0v) is 16.2. The van der Waals surface area contributed by atoms with Gasteiger partial charge >= 0.3 is 0 Å². The topological polar surface area (TPSA) is 63.1 Å². The van der Waals surface area contributed by atoms with Crippen LogP contribution in [0.1, 0.15) is 30.3 Å². The van der Waals surface area contributed by atoms with Crippen molar-refractivity contribution in [2.45, 2.75) is 32.4 Å². The van der Waals surface area contributed by atoms with E-state index in [0.717, 1.165) is 34.6 Å². The number of carbonyl (C=O) groups is 1. The third kappa shape index (κ3) is 2.95. The Morgan fingerprint density at radius 3 is 2.85 bits per heavy atom. The van der Waals surface area contributed by atoms with E-state index in [4.69, 9.17) is 0 Å². The van der Waals surface area contributed by atoms with Crippen molar-refractivity contribution in [3.63, 3.8) is 0 Å². The molecule has 6 rings (SSSR count). The van der Waals surface area contributed by atoms with Gasteiger partial charge in [0, 0.05) is 41.7 Å². The summed E-state index contributed by atoms with van der Waals surface area (Å²) in [5.74, 6) is 0.548. The predicted octanol–water partition coefficient (Wildman–Crippen LogP) is 3.00. The van der Waals surface area contributed by atoms with E-state index in [1.165, 1.54) is 25.9 Å². The standard InChI is InChI=1S/C20H23N5OS/c1-2-25-17-4-3-14(20-21-7-10-27-20)11-15(17)18(23-25)19(26)22-16-12-24-8-5-13(16)6-9-24/h3-4,7,10-11,13,16H,2,5-6,8-9,12H2,1H3,(H,22,26)/t16-/m1/s1. The number of fused-ring (bicyclic) bond motifs is 4. The minimum Gasteiger partial charge on any atom is -0.346 e. The molecule has 1 atom stereocenters. The van der Waals surface area contributed by atoms with E-state index in [1.54, 1.807) is 17.5 Å². The first-order chi connectivity index (χ1) is 13.2. The number of carbonyl (C=O) groups excluding carboxylic acids is 1. The molecule has 3 aliphatic heterocycles. The molecule has 6 nitrogen and oxygen atoms in total. The van der Waals surface area contributed by atoms with Crippen molar-refractivity contribution in [3.8, 4) is 10.6 Å². The zero-order chi connectivity index (χ0) is 18.4. The second-order valence-corrected chi connectivity index (χ2v) is 8.35. The summed E-state index contributed by atoms with van der Waals surface area (Å²) in [5.41, 5.74) is 2.56. The zero-order valence-electron chi connectivity index (χ0n) is 15.4. The first-order valence-corrected chi connectivity index (χ1v) is 10.5. The number of nitrogens with one attached hydrogen (secondary N) is 1. The Labute approximate surface area is 162 Å². The average Bonchev–Trinajstić information content (AvgIpc) is 3.36. The van der Waals surface area contributed by atoms with Crippen molar-refractivity contribution in [2.24, 2.45) is 5.92 Å². The van der Waals surface area contributed by atoms with Crippen molar-refractivity contribution in [1.82, 2.24) is 25.0 Å². The first-order valence-electron chi connectivity index (χ1n) is 9.66. The lowest BCUT2D eigenvalue weighted by molar-refractivity contribution is 0.0618. The van der Waals surface area contributed by atoms with E-state index >= 15 is 0 Å². The first kappa shape index (κ1) is 16.9. The third-order valence-corrected chi connectivity index (χ3v) is 6.74. The number of aromatic nitrogens is 3. The fourth-order valence-electron chi connectivity index (χ4n) is 4.45. The molecule has 27 heavy (non-hydrogen) atoms. The molecule has 0 aliphatic carbocycles. The normalized spacial score (nSPS) is 24.4. The number of benzene rings is 1. The molecule has 0 radical (unpaired) electrons. The number of rotatable bonds is 4. The highest BCUT2D eigenvalue weighted by molar-refractivity contribution is 7.13. The molecule has 3 aliphatic rings. The smallest absolute Gasteiger partial charge is 0.272 e. The molecule has 3 fully saturated rings. The van der Waals surface area contributed by atoms with Crippen molar-refractivity contribution in [2.75, 3.05) is 19.6 Å². The van der Waals surface area contributed by atoms with Gasteiger partial charge in [0.05, 0.1) is 5.52 Å². The van der Waals surface area contributed by atoms with Gasteiger partial charge in [-0.2, -0.15) is 5.10 Å². The monoisotopic (exact) mass is 381 g/mol. The van der Waals surface area contributed by atoms with Gasteiger partial charge in [-0.25, -0.2) is 4.98 Å². The van der Waals surface area contributed by atoms with Gasteiger partial charge < -0.3 is 10.2 Å². The van der Waals surface area contributed by atoms with E-state index in [9.17, 15) is 4.79 Å². The average molecular weight is 382 g/mol. The van der Waals surface area contributed by atoms with Crippen molar-refractivity contribution >= 4 is 28.1 Å². The molecule has 2 bridgehead atoms. The van der Waals surface area contributed by atoms with Crippen LogP contribution in [-0.2, 0) is 6.54 Å². The van der Waals surface area contributed by atoms with Gasteiger partial charge in [0.1, 0.15) is 5.01 Å². The second-order valence-electron chi connectivity index (χ2n) is 7.45. The molecule has 2 aromatic heterocycles. The summed E-state index contributed by atoms with van der Waals surface area (Å²) in [6.07, 6.45) is 4.17. The highest BCUT2D eigenvalue weighted by Gasteiger charge is 2.35. The molecule has 3 aromatic rings. The largest absolute Gasteiger partial charge is 0.346 e. The van der Waals surface area contributed by atoms with Crippen molar-refractivity contribution in [3.05, 3.63) is 35.5 Å². The van der Waals surface area contributed by atoms with Gasteiger partial charge in [0.25, 0.3) is 5.91 Å². The molecule has 1 amide bonds. The Morgan fingerprint density at radius 2 is 2.19 bits per heavy atom. The lowest BCUT2D eigenvalue weighted by Gasteiger charge is -2.44. The molecule has 0 spiro atoms. The van der Waals surface area contributed by atoms with Gasteiger partial charge in [-0.05, 0) is 57.0 Å². The van der Waals surface area contributed by atoms with Gasteiger partial charge in [-0.15, -0.1) is 11.3 Å². The molecule has 0 saturated carbocycles. The van der Waals surface area contributed by atoms with Crippen LogP contribution in [0.3, 0.4) is 0 Å². The van der Waals surface area contributed by atoms with Crippen molar-refractivity contribution in [1.29, 1.82) is 0 Å². The van der Waals surface area contributed by atoms with Gasteiger partial charge in [-0.1, -0.05) is 0 Å². The second kappa shape index (κ2) is 6.73. The number of aryl methyl sites for hydroxylation is 1. The summed E-state index contributed by atoms with van der Waals surface area (Å²) < 4.78 is 1.91. The molecule has 5 heterocycles. The summed E-state index contributed by atoms with van der Waals surface area (Å²) in [4.78, 5) is 20.0. The van der Waals surface area contributed by atoms with Gasteiger partial charge in [-0.3, -0.25) is 9.48 Å². The summed E-state index contributed by atoms with van der Waals surface area (Å²) in [7, 11) is 0. The number of thiazole rings is 1. The molecule has 140 valence electrons. The molecule has 3 saturated heterocycles. The molecular weight excluding hydrogens is 358 g/mol. The van der Waals surface area contributed by atoms with Crippen LogP contribution in [-0.4, -0.2) is 51.2 Å². The van der Waals surface area contributed by atoms with Crippen LogP contribution in [0.2, 0.25) is 0 Å². The van der Waals surface area contributed by atoms with Crippen LogP contribution < -0.4 is 5.32 Å². The Morgan fingerprint density at radius 1 is 1.33 bits per heavy atom. The number of hydrogen-bond donors (Lipinski definition) is 1. The molecule has 7 heteroatoms. The number of hydrogen-bond acceptors (Lipinski definition) is 5. The van der Waals surface area contributed by atoms with Crippen LogP contribution >= 0.6 is 11.3 Å². The van der Waals surface area contributed by atoms with Gasteiger partial charge in [0.2, 0.25) is 0 Å². The van der Waals surface area contributed by atoms with Crippen LogP contribution in [0.15, 0.2) is 29.8 Å². The lowest BCUT2D eigenvalue weighted by Crippen LogP contribution is -2.57. The minimum atomic E-state index is -0.0535. The molecule has 1 N–H and O–H groups in total.